The molecular weight excluding hydrogens is 591 g/mol. The second kappa shape index (κ2) is 10.2. The molecule has 3 rings (SSSR count). The maximum absolute atomic E-state index is 13.7. The van der Waals surface area contributed by atoms with E-state index in [0.717, 1.165) is 12.1 Å². The molecule has 0 radical (unpaired) electrons. The quantitative estimate of drug-likeness (QED) is 0.133. The van der Waals surface area contributed by atoms with Crippen LogP contribution in [-0.4, -0.2) is 13.1 Å². The Morgan fingerprint density at radius 2 is 1.33 bits per heavy atom. The van der Waals surface area contributed by atoms with Crippen LogP contribution in [0.1, 0.15) is 10.4 Å². The second-order valence-corrected chi connectivity index (χ2v) is 11.8. The van der Waals surface area contributed by atoms with Gasteiger partial charge in [0.1, 0.15) is 0 Å². The van der Waals surface area contributed by atoms with Crippen molar-refractivity contribution in [2.45, 2.75) is 0 Å². The predicted molar refractivity (Wildman–Crippen MR) is 103 cm³/mol. The third-order valence-corrected chi connectivity index (χ3v) is 10.1. The van der Waals surface area contributed by atoms with Crippen molar-refractivity contribution in [3.63, 3.8) is 0 Å². The fraction of sp³-hybridized carbons (Fsp3) is 0.0500. The van der Waals surface area contributed by atoms with E-state index < -0.39 is 65.5 Å². The number of ether oxygens (including phenoxy) is 2. The molecule has 0 aromatic heterocycles. The first-order chi connectivity index (χ1) is 15.5. The average molecular weight is 603 g/mol. The molecule has 13 heteroatoms. The Balaban J connectivity index is 1.88. The molecule has 0 N–H and O–H groups in total. The second-order valence-electron chi connectivity index (χ2n) is 6.04. The summed E-state index contributed by atoms with van der Waals surface area (Å²) in [5.74, 6) is -9.70. The molecule has 3 aromatic carbocycles. The van der Waals surface area contributed by atoms with Crippen LogP contribution >= 0.6 is 20.2 Å². The summed E-state index contributed by atoms with van der Waals surface area (Å²) in [4.78, 5) is 12.2. The van der Waals surface area contributed by atoms with Crippen molar-refractivity contribution in [1.82, 2.24) is 0 Å². The van der Waals surface area contributed by atoms with Crippen LogP contribution in [0.15, 0.2) is 54.6 Å². The summed E-state index contributed by atoms with van der Waals surface area (Å²) in [5.41, 5.74) is -0.282. The van der Waals surface area contributed by atoms with Gasteiger partial charge in [-0.15, -0.1) is 0 Å². The Morgan fingerprint density at radius 3 is 1.79 bits per heavy atom. The van der Waals surface area contributed by atoms with Gasteiger partial charge in [-0.25, -0.2) is 0 Å². The van der Waals surface area contributed by atoms with Gasteiger partial charge >= 0.3 is 194 Å². The minimum absolute atomic E-state index is 0.0370. The number of hydrogen-bond acceptors (Lipinski definition) is 7. The Hall–Kier alpha value is -2.49. The zero-order valence-corrected chi connectivity index (χ0v) is 19.2. The Labute approximate surface area is 193 Å². The van der Waals surface area contributed by atoms with Crippen LogP contribution in [0, 0.1) is 40.7 Å². The molecular formula is C20H12ClF4IO7. The standard InChI is InChI=1S/C20H12ClF4IO7/c1-31-14-8-6-13(7-9-14)26(33-21(28,29)30)12-4-2-11(3-5-12)20(27)32-19-17(24)15(22)10-16(23)18(19)25/h2-10H,1H3. The van der Waals surface area contributed by atoms with Gasteiger partial charge in [0.25, 0.3) is 0 Å². The minimum atomic E-state index is -4.78. The first-order valence-electron chi connectivity index (χ1n) is 8.60. The fourth-order valence-corrected chi connectivity index (χ4v) is 7.84. The SMILES string of the molecule is COc1ccc(I(O[Cl+3]([O-])([O-])[O-])c2ccc(C(=O)Oc3c(F)c(F)cc(F)c3F)cc2)cc1. The van der Waals surface area contributed by atoms with Gasteiger partial charge < -0.3 is 0 Å². The number of carbonyl (C=O) groups excluding carboxylic acids is 1. The summed E-state index contributed by atoms with van der Waals surface area (Å²) < 4.78 is 103. The van der Waals surface area contributed by atoms with E-state index in [4.69, 9.17) is 7.36 Å². The molecule has 0 saturated heterocycles. The summed E-state index contributed by atoms with van der Waals surface area (Å²) in [6, 6.07) is 10.8. The van der Waals surface area contributed by atoms with Crippen LogP contribution < -0.4 is 23.5 Å². The van der Waals surface area contributed by atoms with Gasteiger partial charge in [0.15, 0.2) is 0 Å². The molecule has 7 nitrogen and oxygen atoms in total. The summed E-state index contributed by atoms with van der Waals surface area (Å²) >= 11 is -3.31. The van der Waals surface area contributed by atoms with Gasteiger partial charge in [-0.1, -0.05) is 0 Å². The van der Waals surface area contributed by atoms with Crippen molar-refractivity contribution in [1.29, 1.82) is 0 Å². The molecule has 3 aromatic rings. The van der Waals surface area contributed by atoms with Gasteiger partial charge in [0, 0.05) is 0 Å². The third-order valence-electron chi connectivity index (χ3n) is 3.92. The maximum atomic E-state index is 13.7. The molecule has 0 aliphatic rings. The van der Waals surface area contributed by atoms with E-state index in [2.05, 4.69) is 4.74 Å². The monoisotopic (exact) mass is 602 g/mol. The topological polar surface area (TPSA) is 114 Å². The van der Waals surface area contributed by atoms with Crippen LogP contribution in [0.25, 0.3) is 0 Å². The molecule has 0 unspecified atom stereocenters. The third kappa shape index (κ3) is 6.10. The Bertz CT molecular complexity index is 1130. The van der Waals surface area contributed by atoms with E-state index in [1.54, 1.807) is 0 Å². The first kappa shape index (κ1) is 25.1. The van der Waals surface area contributed by atoms with Crippen LogP contribution in [0.5, 0.6) is 11.5 Å². The zero-order valence-electron chi connectivity index (χ0n) is 16.3. The van der Waals surface area contributed by atoms with Gasteiger partial charge in [0.05, 0.1) is 0 Å². The van der Waals surface area contributed by atoms with Crippen molar-refractivity contribution < 1.29 is 58.7 Å². The number of esters is 1. The summed E-state index contributed by atoms with van der Waals surface area (Å²) in [7, 11) is -3.35. The number of rotatable bonds is 7. The predicted octanol–water partition coefficient (Wildman–Crippen LogP) is 1.85. The fourth-order valence-electron chi connectivity index (χ4n) is 2.44. The van der Waals surface area contributed by atoms with Gasteiger partial charge in [-0.3, -0.25) is 0 Å². The summed E-state index contributed by atoms with van der Waals surface area (Å²) in [5, 5.41) is 0. The van der Waals surface area contributed by atoms with Crippen LogP contribution in [-0.2, 0) is 2.62 Å². The average Bonchev–Trinajstić information content (AvgIpc) is 2.78. The van der Waals surface area contributed by atoms with E-state index in [1.807, 2.05) is 0 Å². The van der Waals surface area contributed by atoms with Crippen molar-refractivity contribution in [2.75, 3.05) is 7.11 Å². The molecule has 0 heterocycles. The summed E-state index contributed by atoms with van der Waals surface area (Å²) in [6.45, 7) is 0. The van der Waals surface area contributed by atoms with E-state index in [-0.39, 0.29) is 15.2 Å². The molecule has 0 spiro atoms. The van der Waals surface area contributed by atoms with E-state index in [1.165, 1.54) is 43.5 Å². The molecule has 0 saturated carbocycles. The molecule has 0 amide bonds. The first-order valence-corrected chi connectivity index (χ1v) is 12.9. The van der Waals surface area contributed by atoms with Crippen LogP contribution in [0.2, 0.25) is 0 Å². The van der Waals surface area contributed by atoms with E-state index in [0.29, 0.717) is 9.32 Å². The number of hydrogen-bond donors (Lipinski definition) is 0. The molecule has 176 valence electrons. The molecule has 0 atom stereocenters. The van der Waals surface area contributed by atoms with Crippen LogP contribution in [0.4, 0.5) is 17.6 Å². The number of benzene rings is 3. The number of carbonyl (C=O) groups is 1. The molecule has 0 aliphatic heterocycles. The van der Waals surface area contributed by atoms with E-state index in [9.17, 15) is 36.3 Å². The van der Waals surface area contributed by atoms with Crippen molar-refractivity contribution in [3.05, 3.63) is 90.6 Å². The van der Waals surface area contributed by atoms with E-state index >= 15 is 0 Å². The van der Waals surface area contributed by atoms with Crippen molar-refractivity contribution in [3.8, 4) is 11.5 Å². The van der Waals surface area contributed by atoms with Gasteiger partial charge in [0.2, 0.25) is 0 Å². The Kier molecular flexibility index (Phi) is 7.76. The zero-order chi connectivity index (χ0) is 24.3. The molecule has 0 fully saturated rings. The van der Waals surface area contributed by atoms with Gasteiger partial charge in [-0.2, -0.15) is 0 Å². The summed E-state index contributed by atoms with van der Waals surface area (Å²) in [6.07, 6.45) is 0. The van der Waals surface area contributed by atoms with Gasteiger partial charge in [-0.05, 0) is 0 Å². The normalized spacial score (nSPS) is 11.8. The van der Waals surface area contributed by atoms with Crippen molar-refractivity contribution >= 4 is 26.2 Å². The molecule has 33 heavy (non-hydrogen) atoms. The molecule has 0 bridgehead atoms. The number of halogens is 6. The Morgan fingerprint density at radius 1 is 0.848 bits per heavy atom. The van der Waals surface area contributed by atoms with Crippen molar-refractivity contribution in [2.24, 2.45) is 0 Å². The van der Waals surface area contributed by atoms with Crippen LogP contribution in [0.3, 0.4) is 0 Å². The molecule has 0 aliphatic carbocycles. The number of methoxy groups -OCH3 is 1.